The van der Waals surface area contributed by atoms with Crippen LogP contribution in [0.1, 0.15) is 56.6 Å². The maximum Gasteiger partial charge on any atom is 0.223 e. The molecule has 1 aromatic carbocycles. The lowest BCUT2D eigenvalue weighted by atomic mass is 10.0. The van der Waals surface area contributed by atoms with E-state index >= 15 is 0 Å². The number of nitrogens with zero attached hydrogens (tertiary/aromatic N) is 1. The Kier molecular flexibility index (Phi) is 5.96. The van der Waals surface area contributed by atoms with Gasteiger partial charge in [0.15, 0.2) is 11.5 Å². The number of ether oxygens (including phenoxy) is 2. The van der Waals surface area contributed by atoms with Crippen LogP contribution < -0.4 is 15.2 Å². The summed E-state index contributed by atoms with van der Waals surface area (Å²) in [6.07, 6.45) is 6.88. The van der Waals surface area contributed by atoms with Crippen LogP contribution in [0.15, 0.2) is 18.2 Å². The Bertz CT molecular complexity index is 562. The van der Waals surface area contributed by atoms with Gasteiger partial charge in [-0.2, -0.15) is 0 Å². The molecule has 2 N–H and O–H groups in total. The summed E-state index contributed by atoms with van der Waals surface area (Å²) in [6, 6.07) is 6.14. The summed E-state index contributed by atoms with van der Waals surface area (Å²) in [4.78, 5) is 14.7. The number of para-hydroxylation sites is 1. The zero-order valence-electron chi connectivity index (χ0n) is 14.3. The normalized spacial score (nSPS) is 19.5. The minimum atomic E-state index is 0.123. The molecule has 132 valence electrons. The maximum absolute atomic E-state index is 12.7. The van der Waals surface area contributed by atoms with E-state index in [0.717, 1.165) is 68.7 Å². The molecule has 3 rings (SSSR count). The molecule has 0 aliphatic carbocycles. The second-order valence-corrected chi connectivity index (χ2v) is 6.57. The van der Waals surface area contributed by atoms with E-state index in [1.165, 1.54) is 0 Å². The highest BCUT2D eigenvalue weighted by Crippen LogP contribution is 2.42. The molecule has 2 aliphatic heterocycles. The van der Waals surface area contributed by atoms with Crippen molar-refractivity contribution in [2.24, 2.45) is 5.73 Å². The lowest BCUT2D eigenvalue weighted by Crippen LogP contribution is -2.31. The van der Waals surface area contributed by atoms with Gasteiger partial charge in [-0.1, -0.05) is 25.0 Å². The fourth-order valence-corrected chi connectivity index (χ4v) is 3.66. The highest BCUT2D eigenvalue weighted by Gasteiger charge is 2.33. The van der Waals surface area contributed by atoms with Gasteiger partial charge in [-0.05, 0) is 38.3 Å². The van der Waals surface area contributed by atoms with Gasteiger partial charge in [0.25, 0.3) is 0 Å². The zero-order chi connectivity index (χ0) is 16.8. The SMILES string of the molecule is NCCCCCCC(=O)N1CCCC1c1cccc2c1OCCO2. The van der Waals surface area contributed by atoms with E-state index < -0.39 is 0 Å². The van der Waals surface area contributed by atoms with Crippen LogP contribution in [0.4, 0.5) is 0 Å². The molecule has 1 aromatic rings. The van der Waals surface area contributed by atoms with Crippen LogP contribution in [-0.4, -0.2) is 37.1 Å². The van der Waals surface area contributed by atoms with Gasteiger partial charge in [-0.25, -0.2) is 0 Å². The molecule has 0 spiro atoms. The smallest absolute Gasteiger partial charge is 0.223 e. The first kappa shape index (κ1) is 17.1. The molecule has 2 aliphatic rings. The number of unbranched alkanes of at least 4 members (excludes halogenated alkanes) is 3. The Morgan fingerprint density at radius 1 is 1.17 bits per heavy atom. The molecule has 0 saturated carbocycles. The van der Waals surface area contributed by atoms with Crippen molar-refractivity contribution >= 4 is 5.91 Å². The first-order valence-electron chi connectivity index (χ1n) is 9.19. The lowest BCUT2D eigenvalue weighted by Gasteiger charge is -2.29. The van der Waals surface area contributed by atoms with Gasteiger partial charge in [0.1, 0.15) is 13.2 Å². The predicted octanol–water partition coefficient (Wildman–Crippen LogP) is 3.03. The molecular formula is C19H28N2O3. The quantitative estimate of drug-likeness (QED) is 0.780. The molecule has 0 bridgehead atoms. The minimum Gasteiger partial charge on any atom is -0.486 e. The Hall–Kier alpha value is -1.75. The van der Waals surface area contributed by atoms with Crippen molar-refractivity contribution in [1.29, 1.82) is 0 Å². The Balaban J connectivity index is 1.64. The van der Waals surface area contributed by atoms with Crippen molar-refractivity contribution in [3.63, 3.8) is 0 Å². The molecule has 0 radical (unpaired) electrons. The van der Waals surface area contributed by atoms with Gasteiger partial charge in [-0.15, -0.1) is 0 Å². The number of carbonyl (C=O) groups excluding carboxylic acids is 1. The number of carbonyl (C=O) groups is 1. The van der Waals surface area contributed by atoms with Gasteiger partial charge in [0.05, 0.1) is 6.04 Å². The molecule has 1 amide bonds. The van der Waals surface area contributed by atoms with Crippen LogP contribution in [0.25, 0.3) is 0 Å². The van der Waals surface area contributed by atoms with Crippen molar-refractivity contribution < 1.29 is 14.3 Å². The Morgan fingerprint density at radius 2 is 2.00 bits per heavy atom. The zero-order valence-corrected chi connectivity index (χ0v) is 14.3. The summed E-state index contributed by atoms with van der Waals surface area (Å²) in [5, 5.41) is 0. The third kappa shape index (κ3) is 3.83. The molecule has 2 heterocycles. The summed E-state index contributed by atoms with van der Waals surface area (Å²) >= 11 is 0. The number of hydrogen-bond donors (Lipinski definition) is 1. The van der Waals surface area contributed by atoms with Gasteiger partial charge >= 0.3 is 0 Å². The van der Waals surface area contributed by atoms with E-state index in [2.05, 4.69) is 6.07 Å². The molecule has 5 nitrogen and oxygen atoms in total. The molecule has 1 fully saturated rings. The highest BCUT2D eigenvalue weighted by atomic mass is 16.6. The van der Waals surface area contributed by atoms with Crippen molar-refractivity contribution in [1.82, 2.24) is 4.90 Å². The number of likely N-dealkylation sites (tertiary alicyclic amines) is 1. The van der Waals surface area contributed by atoms with Crippen molar-refractivity contribution in [3.05, 3.63) is 23.8 Å². The third-order valence-electron chi connectivity index (χ3n) is 4.87. The van der Waals surface area contributed by atoms with E-state index in [1.807, 2.05) is 17.0 Å². The molecule has 1 atom stereocenters. The fraction of sp³-hybridized carbons (Fsp3) is 0.632. The van der Waals surface area contributed by atoms with Crippen LogP contribution >= 0.6 is 0 Å². The third-order valence-corrected chi connectivity index (χ3v) is 4.87. The van der Waals surface area contributed by atoms with E-state index in [9.17, 15) is 4.79 Å². The van der Waals surface area contributed by atoms with Crippen molar-refractivity contribution in [2.45, 2.75) is 51.0 Å². The van der Waals surface area contributed by atoms with E-state index in [4.69, 9.17) is 15.2 Å². The summed E-state index contributed by atoms with van der Waals surface area (Å²) in [5.41, 5.74) is 6.61. The topological polar surface area (TPSA) is 64.8 Å². The Labute approximate surface area is 144 Å². The molecular weight excluding hydrogens is 304 g/mol. The fourth-order valence-electron chi connectivity index (χ4n) is 3.66. The van der Waals surface area contributed by atoms with Gasteiger partial charge < -0.3 is 20.1 Å². The van der Waals surface area contributed by atoms with E-state index in [1.54, 1.807) is 0 Å². The highest BCUT2D eigenvalue weighted by molar-refractivity contribution is 5.77. The van der Waals surface area contributed by atoms with Gasteiger partial charge in [-0.3, -0.25) is 4.79 Å². The lowest BCUT2D eigenvalue weighted by molar-refractivity contribution is -0.132. The summed E-state index contributed by atoms with van der Waals surface area (Å²) in [5.74, 6) is 1.90. The summed E-state index contributed by atoms with van der Waals surface area (Å²) in [7, 11) is 0. The first-order chi connectivity index (χ1) is 11.8. The number of benzene rings is 1. The van der Waals surface area contributed by atoms with Crippen LogP contribution in [0.5, 0.6) is 11.5 Å². The number of fused-ring (bicyclic) bond motifs is 1. The Morgan fingerprint density at radius 3 is 2.88 bits per heavy atom. The molecule has 0 aromatic heterocycles. The minimum absolute atomic E-state index is 0.123. The number of amides is 1. The van der Waals surface area contributed by atoms with Crippen molar-refractivity contribution in [2.75, 3.05) is 26.3 Å². The van der Waals surface area contributed by atoms with Crippen LogP contribution in [0.3, 0.4) is 0 Å². The number of hydrogen-bond acceptors (Lipinski definition) is 4. The van der Waals surface area contributed by atoms with E-state index in [-0.39, 0.29) is 11.9 Å². The molecule has 1 saturated heterocycles. The van der Waals surface area contributed by atoms with Crippen molar-refractivity contribution in [3.8, 4) is 11.5 Å². The second kappa shape index (κ2) is 8.38. The standard InChI is InChI=1S/C19H28N2O3/c20-11-4-2-1-3-10-18(22)21-12-6-8-16(21)15-7-5-9-17-19(15)24-14-13-23-17/h5,7,9,16H,1-4,6,8,10-14,20H2. The first-order valence-corrected chi connectivity index (χ1v) is 9.19. The molecule has 5 heteroatoms. The number of nitrogens with two attached hydrogens (primary N) is 1. The average Bonchev–Trinajstić information content (AvgIpc) is 3.10. The largest absolute Gasteiger partial charge is 0.486 e. The molecule has 1 unspecified atom stereocenters. The maximum atomic E-state index is 12.7. The van der Waals surface area contributed by atoms with Crippen LogP contribution in [-0.2, 0) is 4.79 Å². The van der Waals surface area contributed by atoms with Crippen LogP contribution in [0, 0.1) is 0 Å². The second-order valence-electron chi connectivity index (χ2n) is 6.57. The van der Waals surface area contributed by atoms with Gasteiger partial charge in [0, 0.05) is 18.5 Å². The average molecular weight is 332 g/mol. The van der Waals surface area contributed by atoms with Gasteiger partial charge in [0.2, 0.25) is 5.91 Å². The summed E-state index contributed by atoms with van der Waals surface area (Å²) in [6.45, 7) is 2.75. The monoisotopic (exact) mass is 332 g/mol. The number of rotatable bonds is 7. The summed E-state index contributed by atoms with van der Waals surface area (Å²) < 4.78 is 11.5. The van der Waals surface area contributed by atoms with E-state index in [0.29, 0.717) is 19.6 Å². The molecule has 24 heavy (non-hydrogen) atoms. The van der Waals surface area contributed by atoms with Crippen LogP contribution in [0.2, 0.25) is 0 Å². The predicted molar refractivity (Wildman–Crippen MR) is 93.3 cm³/mol.